The SMILES string of the molecule is CCCC(C)(C)c1ccc2c(c1)C(=O)N(C1CCC(=O)NC1=O)C2=O. The van der Waals surface area contributed by atoms with E-state index in [2.05, 4.69) is 26.1 Å². The van der Waals surface area contributed by atoms with Crippen LogP contribution in [0.3, 0.4) is 0 Å². The van der Waals surface area contributed by atoms with Gasteiger partial charge in [0.15, 0.2) is 0 Å². The molecule has 25 heavy (non-hydrogen) atoms. The Morgan fingerprint density at radius 3 is 2.44 bits per heavy atom. The van der Waals surface area contributed by atoms with E-state index in [4.69, 9.17) is 0 Å². The minimum atomic E-state index is -0.919. The minimum absolute atomic E-state index is 0.102. The zero-order chi connectivity index (χ0) is 18.4. The number of imide groups is 2. The quantitative estimate of drug-likeness (QED) is 0.850. The van der Waals surface area contributed by atoms with Crippen molar-refractivity contribution in [1.82, 2.24) is 10.2 Å². The van der Waals surface area contributed by atoms with Gasteiger partial charge in [-0.05, 0) is 36.0 Å². The molecule has 6 nitrogen and oxygen atoms in total. The van der Waals surface area contributed by atoms with Gasteiger partial charge in [0, 0.05) is 6.42 Å². The predicted octanol–water partition coefficient (Wildman–Crippen LogP) is 2.17. The summed E-state index contributed by atoms with van der Waals surface area (Å²) in [5.74, 6) is -1.88. The number of hydrogen-bond acceptors (Lipinski definition) is 4. The van der Waals surface area contributed by atoms with Gasteiger partial charge in [0.1, 0.15) is 6.04 Å². The molecule has 2 aliphatic heterocycles. The van der Waals surface area contributed by atoms with Crippen molar-refractivity contribution in [3.05, 3.63) is 34.9 Å². The average Bonchev–Trinajstić information content (AvgIpc) is 2.79. The van der Waals surface area contributed by atoms with Crippen LogP contribution in [-0.4, -0.2) is 34.6 Å². The van der Waals surface area contributed by atoms with E-state index in [1.54, 1.807) is 12.1 Å². The number of rotatable bonds is 4. The van der Waals surface area contributed by atoms with Crippen LogP contribution >= 0.6 is 0 Å². The Kier molecular flexibility index (Phi) is 4.22. The van der Waals surface area contributed by atoms with Crippen LogP contribution in [0.1, 0.15) is 72.7 Å². The van der Waals surface area contributed by atoms with Gasteiger partial charge >= 0.3 is 0 Å². The lowest BCUT2D eigenvalue weighted by atomic mass is 9.80. The molecule has 132 valence electrons. The summed E-state index contributed by atoms with van der Waals surface area (Å²) in [6.07, 6.45) is 2.27. The monoisotopic (exact) mass is 342 g/mol. The second-order valence-corrected chi connectivity index (χ2v) is 7.34. The lowest BCUT2D eigenvalue weighted by Crippen LogP contribution is -2.54. The van der Waals surface area contributed by atoms with Crippen LogP contribution in [0.5, 0.6) is 0 Å². The van der Waals surface area contributed by atoms with Gasteiger partial charge in [-0.1, -0.05) is 33.3 Å². The molecule has 4 amide bonds. The van der Waals surface area contributed by atoms with Gasteiger partial charge in [-0.2, -0.15) is 0 Å². The number of hydrogen-bond donors (Lipinski definition) is 1. The predicted molar refractivity (Wildman–Crippen MR) is 91.0 cm³/mol. The smallest absolute Gasteiger partial charge is 0.262 e. The van der Waals surface area contributed by atoms with E-state index in [0.29, 0.717) is 11.1 Å². The molecule has 3 rings (SSSR count). The molecule has 1 unspecified atom stereocenters. The van der Waals surface area contributed by atoms with Gasteiger partial charge in [-0.25, -0.2) is 0 Å². The van der Waals surface area contributed by atoms with Crippen molar-refractivity contribution >= 4 is 23.6 Å². The third kappa shape index (κ3) is 2.86. The first-order valence-electron chi connectivity index (χ1n) is 8.62. The molecule has 0 spiro atoms. The summed E-state index contributed by atoms with van der Waals surface area (Å²) < 4.78 is 0. The van der Waals surface area contributed by atoms with Gasteiger partial charge in [0.2, 0.25) is 11.8 Å². The fourth-order valence-corrected chi connectivity index (χ4v) is 3.66. The van der Waals surface area contributed by atoms with Crippen molar-refractivity contribution in [2.24, 2.45) is 0 Å². The topological polar surface area (TPSA) is 83.6 Å². The van der Waals surface area contributed by atoms with E-state index in [0.717, 1.165) is 23.3 Å². The number of nitrogens with zero attached hydrogens (tertiary/aromatic N) is 1. The average molecular weight is 342 g/mol. The lowest BCUT2D eigenvalue weighted by molar-refractivity contribution is -0.136. The van der Waals surface area contributed by atoms with Crippen LogP contribution in [0.4, 0.5) is 0 Å². The fraction of sp³-hybridized carbons (Fsp3) is 0.474. The molecule has 6 heteroatoms. The molecule has 1 N–H and O–H groups in total. The molecule has 1 aromatic rings. The fourth-order valence-electron chi connectivity index (χ4n) is 3.66. The minimum Gasteiger partial charge on any atom is -0.295 e. The van der Waals surface area contributed by atoms with Crippen LogP contribution in [0.25, 0.3) is 0 Å². The maximum atomic E-state index is 12.8. The number of piperidine rings is 1. The number of carbonyl (C=O) groups is 4. The summed E-state index contributed by atoms with van der Waals surface area (Å²) >= 11 is 0. The van der Waals surface area contributed by atoms with Crippen molar-refractivity contribution in [3.63, 3.8) is 0 Å². The zero-order valence-corrected chi connectivity index (χ0v) is 14.7. The van der Waals surface area contributed by atoms with Gasteiger partial charge < -0.3 is 0 Å². The third-order valence-corrected chi connectivity index (χ3v) is 5.10. The van der Waals surface area contributed by atoms with E-state index in [1.807, 2.05) is 6.07 Å². The van der Waals surface area contributed by atoms with E-state index in [1.165, 1.54) is 0 Å². The molecule has 1 fully saturated rings. The molecule has 0 bridgehead atoms. The summed E-state index contributed by atoms with van der Waals surface area (Å²) in [7, 11) is 0. The van der Waals surface area contributed by atoms with Gasteiger partial charge in [-0.3, -0.25) is 29.4 Å². The first-order chi connectivity index (χ1) is 11.8. The molecular weight excluding hydrogens is 320 g/mol. The Balaban J connectivity index is 1.94. The molecule has 1 saturated heterocycles. The molecular formula is C19H22N2O4. The van der Waals surface area contributed by atoms with Crippen LogP contribution in [0.2, 0.25) is 0 Å². The molecule has 2 heterocycles. The van der Waals surface area contributed by atoms with Crippen molar-refractivity contribution in [2.45, 2.75) is 57.9 Å². The Bertz CT molecular complexity index is 782. The van der Waals surface area contributed by atoms with Crippen LogP contribution in [-0.2, 0) is 15.0 Å². The number of nitrogens with one attached hydrogen (secondary N) is 1. The third-order valence-electron chi connectivity index (χ3n) is 5.10. The summed E-state index contributed by atoms with van der Waals surface area (Å²) in [5.41, 5.74) is 1.57. The highest BCUT2D eigenvalue weighted by Crippen LogP contribution is 2.34. The normalized spacial score (nSPS) is 20.8. The second kappa shape index (κ2) is 6.10. The standard InChI is InChI=1S/C19H22N2O4/c1-4-9-19(2,3)11-5-6-12-13(10-11)18(25)21(17(12)24)14-7-8-15(22)20-16(14)23/h5-6,10,14H,4,7-9H2,1-3H3,(H,20,22,23). The Morgan fingerprint density at radius 1 is 1.12 bits per heavy atom. The molecule has 0 saturated carbocycles. The number of benzene rings is 1. The maximum absolute atomic E-state index is 12.8. The molecule has 0 aliphatic carbocycles. The summed E-state index contributed by atoms with van der Waals surface area (Å²) in [6.45, 7) is 6.32. The Hall–Kier alpha value is -2.50. The second-order valence-electron chi connectivity index (χ2n) is 7.34. The first kappa shape index (κ1) is 17.3. The Morgan fingerprint density at radius 2 is 1.80 bits per heavy atom. The summed E-state index contributed by atoms with van der Waals surface area (Å²) in [4.78, 5) is 49.9. The van der Waals surface area contributed by atoms with Crippen molar-refractivity contribution in [2.75, 3.05) is 0 Å². The first-order valence-corrected chi connectivity index (χ1v) is 8.62. The van der Waals surface area contributed by atoms with E-state index >= 15 is 0 Å². The van der Waals surface area contributed by atoms with Crippen molar-refractivity contribution in [1.29, 1.82) is 0 Å². The van der Waals surface area contributed by atoms with Gasteiger partial charge in [0.25, 0.3) is 11.8 Å². The number of amides is 4. The highest BCUT2D eigenvalue weighted by atomic mass is 16.2. The van der Waals surface area contributed by atoms with E-state index < -0.39 is 23.8 Å². The van der Waals surface area contributed by atoms with Crippen LogP contribution in [0.15, 0.2) is 18.2 Å². The molecule has 0 radical (unpaired) electrons. The molecule has 2 aliphatic rings. The zero-order valence-electron chi connectivity index (χ0n) is 14.7. The van der Waals surface area contributed by atoms with E-state index in [-0.39, 0.29) is 24.2 Å². The highest BCUT2D eigenvalue weighted by molar-refractivity contribution is 6.23. The maximum Gasteiger partial charge on any atom is 0.262 e. The van der Waals surface area contributed by atoms with Crippen LogP contribution < -0.4 is 5.32 Å². The van der Waals surface area contributed by atoms with Gasteiger partial charge in [0.05, 0.1) is 11.1 Å². The molecule has 0 aromatic heterocycles. The Labute approximate surface area is 146 Å². The van der Waals surface area contributed by atoms with E-state index in [9.17, 15) is 19.2 Å². The largest absolute Gasteiger partial charge is 0.295 e. The van der Waals surface area contributed by atoms with Gasteiger partial charge in [-0.15, -0.1) is 0 Å². The van der Waals surface area contributed by atoms with Crippen molar-refractivity contribution < 1.29 is 19.2 Å². The molecule has 1 atom stereocenters. The molecule has 1 aromatic carbocycles. The van der Waals surface area contributed by atoms with Crippen LogP contribution in [0, 0.1) is 0 Å². The summed E-state index contributed by atoms with van der Waals surface area (Å²) in [6, 6.07) is 4.41. The summed E-state index contributed by atoms with van der Waals surface area (Å²) in [5, 5.41) is 2.20. The highest BCUT2D eigenvalue weighted by Gasteiger charge is 2.44. The number of carbonyl (C=O) groups excluding carboxylic acids is 4. The number of fused-ring (bicyclic) bond motifs is 1. The lowest BCUT2D eigenvalue weighted by Gasteiger charge is -2.27. The van der Waals surface area contributed by atoms with Crippen molar-refractivity contribution in [3.8, 4) is 0 Å².